The van der Waals surface area contributed by atoms with Crippen LogP contribution in [0.4, 0.5) is 0 Å². The lowest BCUT2D eigenvalue weighted by molar-refractivity contribution is -0.0292. The van der Waals surface area contributed by atoms with Crippen LogP contribution in [0.15, 0.2) is 0 Å². The number of hydrazine groups is 1. The van der Waals surface area contributed by atoms with Gasteiger partial charge < -0.3 is 0 Å². The number of nitrogens with two attached hydrogens (primary N) is 1. The van der Waals surface area contributed by atoms with E-state index in [9.17, 15) is 0 Å². The molecule has 0 heterocycles. The molecule has 1 unspecified atom stereocenters. The molecule has 0 aromatic rings. The largest absolute Gasteiger partial charge is 0.292 e. The highest BCUT2D eigenvalue weighted by Gasteiger charge is 2.36. The maximum atomic E-state index is 5.57. The Balaban J connectivity index is 4.79. The molecule has 0 bridgehead atoms. The van der Waals surface area contributed by atoms with Crippen LogP contribution in [0.5, 0.6) is 0 Å². The molecule has 0 aliphatic rings. The summed E-state index contributed by atoms with van der Waals surface area (Å²) in [4.78, 5) is 4.53. The van der Waals surface area contributed by atoms with Gasteiger partial charge in [0.05, 0.1) is 5.66 Å². The van der Waals surface area contributed by atoms with Gasteiger partial charge in [-0.1, -0.05) is 0 Å². The topological polar surface area (TPSA) is 44.5 Å². The molecule has 0 saturated carbocycles. The summed E-state index contributed by atoms with van der Waals surface area (Å²) in [5.41, 5.74) is 2.77. The smallest absolute Gasteiger partial charge is 0.0675 e. The van der Waals surface area contributed by atoms with Crippen LogP contribution in [0.1, 0.15) is 34.6 Å². The average Bonchev–Trinajstić information content (AvgIpc) is 2.15. The number of nitrogens with one attached hydrogen (secondary N) is 1. The van der Waals surface area contributed by atoms with Gasteiger partial charge in [0.2, 0.25) is 0 Å². The molecule has 0 radical (unpaired) electrons. The van der Waals surface area contributed by atoms with Crippen molar-refractivity contribution < 1.29 is 0 Å². The van der Waals surface area contributed by atoms with Gasteiger partial charge in [-0.2, -0.15) is 0 Å². The van der Waals surface area contributed by atoms with Crippen molar-refractivity contribution in [3.05, 3.63) is 0 Å². The molecule has 0 amide bonds. The molecule has 0 rings (SSSR count). The van der Waals surface area contributed by atoms with Crippen LogP contribution in [0.3, 0.4) is 0 Å². The number of likely N-dealkylation sites (N-methyl/N-ethyl adjacent to an activating group) is 1. The fourth-order valence-electron chi connectivity index (χ4n) is 1.39. The molecule has 0 aromatic carbocycles. The number of hydrogen-bond acceptors (Lipinski definition) is 4. The zero-order chi connectivity index (χ0) is 12.4. The first-order valence-corrected chi connectivity index (χ1v) is 5.45. The fraction of sp³-hybridized carbons (Fsp3) is 1.00. The summed E-state index contributed by atoms with van der Waals surface area (Å²) < 4.78 is 0. The highest BCUT2D eigenvalue weighted by atomic mass is 15.4. The van der Waals surface area contributed by atoms with Crippen molar-refractivity contribution in [3.8, 4) is 0 Å². The summed E-state index contributed by atoms with van der Waals surface area (Å²) in [7, 11) is 6.31. The number of hydrogen-bond donors (Lipinski definition) is 2. The van der Waals surface area contributed by atoms with Gasteiger partial charge in [-0.25, -0.2) is 0 Å². The zero-order valence-electron chi connectivity index (χ0n) is 11.5. The van der Waals surface area contributed by atoms with Gasteiger partial charge in [-0.3, -0.25) is 21.1 Å². The number of rotatable bonds is 5. The zero-order valence-corrected chi connectivity index (χ0v) is 11.5. The van der Waals surface area contributed by atoms with Crippen LogP contribution < -0.4 is 11.3 Å². The van der Waals surface area contributed by atoms with Gasteiger partial charge in [-0.15, -0.1) is 0 Å². The Morgan fingerprint density at radius 3 is 1.73 bits per heavy atom. The first kappa shape index (κ1) is 14.8. The van der Waals surface area contributed by atoms with E-state index in [-0.39, 0.29) is 11.2 Å². The summed E-state index contributed by atoms with van der Waals surface area (Å²) in [6.45, 7) is 10.8. The van der Waals surface area contributed by atoms with Gasteiger partial charge in [0.15, 0.2) is 0 Å². The molecule has 1 atom stereocenters. The van der Waals surface area contributed by atoms with Crippen LogP contribution >= 0.6 is 0 Å². The lowest BCUT2D eigenvalue weighted by atomic mass is 9.93. The van der Waals surface area contributed by atoms with Crippen LogP contribution in [0, 0.1) is 0 Å². The van der Waals surface area contributed by atoms with E-state index in [1.165, 1.54) is 0 Å². The normalized spacial score (nSPS) is 16.2. The van der Waals surface area contributed by atoms with E-state index in [1.54, 1.807) is 0 Å². The third-order valence-electron chi connectivity index (χ3n) is 3.95. The molecule has 3 N–H and O–H groups in total. The van der Waals surface area contributed by atoms with E-state index < -0.39 is 0 Å². The van der Waals surface area contributed by atoms with Crippen molar-refractivity contribution in [1.29, 1.82) is 0 Å². The first-order chi connectivity index (χ1) is 6.57. The molecule has 0 aromatic heterocycles. The van der Waals surface area contributed by atoms with Gasteiger partial charge >= 0.3 is 0 Å². The van der Waals surface area contributed by atoms with E-state index in [0.717, 1.165) is 0 Å². The van der Waals surface area contributed by atoms with Crippen LogP contribution in [-0.2, 0) is 0 Å². The van der Waals surface area contributed by atoms with Gasteiger partial charge in [-0.05, 0) is 55.8 Å². The lowest BCUT2D eigenvalue weighted by Gasteiger charge is -2.48. The molecule has 0 saturated heterocycles. The minimum absolute atomic E-state index is 0.00748. The molecule has 0 fully saturated rings. The highest BCUT2D eigenvalue weighted by Crippen LogP contribution is 2.23. The van der Waals surface area contributed by atoms with E-state index in [2.05, 4.69) is 71.0 Å². The van der Waals surface area contributed by atoms with Gasteiger partial charge in [0.1, 0.15) is 0 Å². The molecular formula is C11H28N4. The third kappa shape index (κ3) is 3.14. The molecule has 92 valence electrons. The van der Waals surface area contributed by atoms with Crippen LogP contribution in [0.25, 0.3) is 0 Å². The van der Waals surface area contributed by atoms with Gasteiger partial charge in [0.25, 0.3) is 0 Å². The Bertz CT molecular complexity index is 199. The lowest BCUT2D eigenvalue weighted by Crippen LogP contribution is -2.64. The average molecular weight is 216 g/mol. The minimum atomic E-state index is -0.109. The van der Waals surface area contributed by atoms with E-state index in [0.29, 0.717) is 6.04 Å². The molecule has 0 aliphatic heterocycles. The van der Waals surface area contributed by atoms with E-state index in [1.807, 2.05) is 0 Å². The van der Waals surface area contributed by atoms with Crippen molar-refractivity contribution in [2.75, 3.05) is 21.1 Å². The SMILES string of the molecule is CC(N(C)C(C)(C)N(C)C)C(C)(C)NN. The van der Waals surface area contributed by atoms with Crippen molar-refractivity contribution in [2.24, 2.45) is 5.84 Å². The Labute approximate surface area is 94.8 Å². The van der Waals surface area contributed by atoms with Crippen molar-refractivity contribution >= 4 is 0 Å². The second-order valence-corrected chi connectivity index (χ2v) is 5.54. The summed E-state index contributed by atoms with van der Waals surface area (Å²) in [5.74, 6) is 5.57. The maximum absolute atomic E-state index is 5.57. The summed E-state index contributed by atoms with van der Waals surface area (Å²) in [5, 5.41) is 0. The predicted molar refractivity (Wildman–Crippen MR) is 66.4 cm³/mol. The molecule has 0 aliphatic carbocycles. The first-order valence-electron chi connectivity index (χ1n) is 5.45. The Morgan fingerprint density at radius 2 is 1.47 bits per heavy atom. The Morgan fingerprint density at radius 1 is 1.07 bits per heavy atom. The predicted octanol–water partition coefficient (Wildman–Crippen LogP) is 0.846. The Kier molecular flexibility index (Phi) is 4.73. The second kappa shape index (κ2) is 4.78. The maximum Gasteiger partial charge on any atom is 0.0675 e. The van der Waals surface area contributed by atoms with E-state index in [4.69, 9.17) is 5.84 Å². The van der Waals surface area contributed by atoms with Crippen molar-refractivity contribution in [3.63, 3.8) is 0 Å². The quantitative estimate of drug-likeness (QED) is 0.406. The monoisotopic (exact) mass is 216 g/mol. The second-order valence-electron chi connectivity index (χ2n) is 5.54. The summed E-state index contributed by atoms with van der Waals surface area (Å²) in [6.07, 6.45) is 0. The van der Waals surface area contributed by atoms with Crippen LogP contribution in [0.2, 0.25) is 0 Å². The van der Waals surface area contributed by atoms with Gasteiger partial charge in [0, 0.05) is 11.6 Å². The highest BCUT2D eigenvalue weighted by molar-refractivity contribution is 4.92. The molecule has 0 spiro atoms. The van der Waals surface area contributed by atoms with Crippen molar-refractivity contribution in [2.45, 2.75) is 51.9 Å². The van der Waals surface area contributed by atoms with E-state index >= 15 is 0 Å². The van der Waals surface area contributed by atoms with Crippen molar-refractivity contribution in [1.82, 2.24) is 15.2 Å². The minimum Gasteiger partial charge on any atom is -0.292 e. The number of nitrogens with zero attached hydrogens (tertiary/aromatic N) is 2. The van der Waals surface area contributed by atoms with Crippen LogP contribution in [-0.4, -0.2) is 48.2 Å². The molecular weight excluding hydrogens is 188 g/mol. The molecule has 15 heavy (non-hydrogen) atoms. The fourth-order valence-corrected chi connectivity index (χ4v) is 1.39. The Hall–Kier alpha value is -0.160. The third-order valence-corrected chi connectivity index (χ3v) is 3.95. The standard InChI is InChI=1S/C11H28N4/c1-9(10(2,3)13-12)15(8)11(4,5)14(6)7/h9,13H,12H2,1-8H3. The summed E-state index contributed by atoms with van der Waals surface area (Å²) >= 11 is 0. The molecule has 4 nitrogen and oxygen atoms in total. The summed E-state index contributed by atoms with van der Waals surface area (Å²) in [6, 6.07) is 0.333. The molecule has 4 heteroatoms.